The predicted molar refractivity (Wildman–Crippen MR) is 90.0 cm³/mol. The minimum atomic E-state index is -3.09. The summed E-state index contributed by atoms with van der Waals surface area (Å²) in [5, 5.41) is 3.08. The fourth-order valence-electron chi connectivity index (χ4n) is 3.28. The van der Waals surface area contributed by atoms with Gasteiger partial charge in [-0.05, 0) is 55.4 Å². The quantitative estimate of drug-likeness (QED) is 0.655. The summed E-state index contributed by atoms with van der Waals surface area (Å²) in [7, 11) is -3.09. The molecule has 120 valence electrons. The Hall–Kier alpha value is -1.56. The van der Waals surface area contributed by atoms with E-state index in [9.17, 15) is 8.42 Å². The van der Waals surface area contributed by atoms with Crippen LogP contribution in [0.4, 0.5) is 5.69 Å². The molecule has 1 aromatic rings. The van der Waals surface area contributed by atoms with E-state index in [0.717, 1.165) is 24.9 Å². The molecule has 0 amide bonds. The first kappa shape index (κ1) is 15.3. The number of fused-ring (bicyclic) bond motifs is 1. The fourth-order valence-corrected chi connectivity index (χ4v) is 4.61. The molecule has 0 bridgehead atoms. The van der Waals surface area contributed by atoms with Crippen molar-refractivity contribution < 1.29 is 8.42 Å². The molecule has 0 heterocycles. The summed E-state index contributed by atoms with van der Waals surface area (Å²) in [5.41, 5.74) is 9.62. The van der Waals surface area contributed by atoms with Crippen LogP contribution in [0.5, 0.6) is 0 Å². The highest BCUT2D eigenvalue weighted by Gasteiger charge is 2.46. The van der Waals surface area contributed by atoms with E-state index in [1.807, 2.05) is 6.07 Å². The molecule has 0 aromatic heterocycles. The smallest absolute Gasteiger partial charge is 0.193 e. The molecule has 1 aromatic carbocycles. The van der Waals surface area contributed by atoms with E-state index < -0.39 is 14.6 Å². The van der Waals surface area contributed by atoms with Crippen LogP contribution in [0.15, 0.2) is 23.2 Å². The molecule has 3 rings (SSSR count). The Bertz CT molecular complexity index is 706. The number of anilines is 1. The number of hydrogen-bond donors (Lipinski definition) is 2. The largest absolute Gasteiger partial charge is 0.370 e. The van der Waals surface area contributed by atoms with Crippen LogP contribution >= 0.6 is 0 Å². The number of guanidine groups is 1. The first-order valence-corrected chi connectivity index (χ1v) is 9.67. The van der Waals surface area contributed by atoms with Gasteiger partial charge in [-0.3, -0.25) is 4.99 Å². The Morgan fingerprint density at radius 2 is 2.00 bits per heavy atom. The van der Waals surface area contributed by atoms with Crippen LogP contribution < -0.4 is 11.1 Å². The van der Waals surface area contributed by atoms with Crippen molar-refractivity contribution in [2.75, 3.05) is 18.1 Å². The van der Waals surface area contributed by atoms with Crippen LogP contribution in [0.1, 0.15) is 36.8 Å². The zero-order valence-electron chi connectivity index (χ0n) is 12.9. The number of nitrogens with one attached hydrogen (secondary N) is 1. The van der Waals surface area contributed by atoms with Gasteiger partial charge in [-0.1, -0.05) is 12.5 Å². The van der Waals surface area contributed by atoms with Gasteiger partial charge in [-0.15, -0.1) is 0 Å². The lowest BCUT2D eigenvalue weighted by molar-refractivity contribution is 0.347. The van der Waals surface area contributed by atoms with Crippen LogP contribution in [0, 0.1) is 0 Å². The molecule has 0 unspecified atom stereocenters. The number of hydrogen-bond acceptors (Lipinski definition) is 3. The minimum Gasteiger partial charge on any atom is -0.370 e. The minimum absolute atomic E-state index is 0.246. The molecule has 0 saturated heterocycles. The summed E-state index contributed by atoms with van der Waals surface area (Å²) in [6.07, 6.45) is 7.07. The molecular formula is C16H23N3O2S. The topological polar surface area (TPSA) is 84.5 Å². The Labute approximate surface area is 131 Å². The highest BCUT2D eigenvalue weighted by atomic mass is 32.2. The zero-order valence-corrected chi connectivity index (χ0v) is 13.7. The Morgan fingerprint density at radius 3 is 2.64 bits per heavy atom. The second-order valence-corrected chi connectivity index (χ2v) is 8.88. The molecule has 2 aliphatic rings. The van der Waals surface area contributed by atoms with E-state index in [0.29, 0.717) is 12.8 Å². The van der Waals surface area contributed by atoms with Crippen molar-refractivity contribution in [3.8, 4) is 0 Å². The van der Waals surface area contributed by atoms with Gasteiger partial charge in [0.2, 0.25) is 0 Å². The van der Waals surface area contributed by atoms with Crippen molar-refractivity contribution in [2.24, 2.45) is 10.7 Å². The van der Waals surface area contributed by atoms with Gasteiger partial charge in [0.25, 0.3) is 0 Å². The van der Waals surface area contributed by atoms with Gasteiger partial charge in [-0.25, -0.2) is 8.42 Å². The lowest BCUT2D eigenvalue weighted by Crippen LogP contribution is -2.48. The van der Waals surface area contributed by atoms with Crippen molar-refractivity contribution >= 4 is 21.5 Å². The molecule has 22 heavy (non-hydrogen) atoms. The number of aryl methyl sites for hydroxylation is 2. The molecule has 3 N–H and O–H groups in total. The summed E-state index contributed by atoms with van der Waals surface area (Å²) in [6.45, 7) is 0.246. The standard InChI is InChI=1S/C16H23N3O2S/c1-22(20,21)16(8-3-9-16)11-18-15(17)19-14-7-6-12-4-2-5-13(12)10-14/h6-7,10H,2-5,8-9,11H2,1H3,(H3,17,18,19). The van der Waals surface area contributed by atoms with Crippen molar-refractivity contribution in [2.45, 2.75) is 43.3 Å². The molecule has 1 saturated carbocycles. The van der Waals surface area contributed by atoms with Crippen LogP contribution in [0.3, 0.4) is 0 Å². The number of nitrogens with zero attached hydrogens (tertiary/aromatic N) is 1. The first-order chi connectivity index (χ1) is 10.4. The number of nitrogens with two attached hydrogens (primary N) is 1. The third-order valence-corrected chi connectivity index (χ3v) is 7.07. The second-order valence-electron chi connectivity index (χ2n) is 6.47. The van der Waals surface area contributed by atoms with Gasteiger partial charge in [0.15, 0.2) is 15.8 Å². The van der Waals surface area contributed by atoms with E-state index in [1.54, 1.807) is 0 Å². The number of aliphatic imine (C=N–C) groups is 1. The lowest BCUT2D eigenvalue weighted by atomic mass is 9.84. The Kier molecular flexibility index (Phi) is 3.89. The van der Waals surface area contributed by atoms with Gasteiger partial charge in [0.05, 0.1) is 11.3 Å². The molecule has 0 atom stereocenters. The predicted octanol–water partition coefficient (Wildman–Crippen LogP) is 1.87. The normalized spacial score (nSPS) is 20.3. The maximum Gasteiger partial charge on any atom is 0.193 e. The summed E-state index contributed by atoms with van der Waals surface area (Å²) in [6, 6.07) is 6.24. The van der Waals surface area contributed by atoms with E-state index in [4.69, 9.17) is 5.73 Å². The van der Waals surface area contributed by atoms with E-state index in [1.165, 1.54) is 23.8 Å². The molecule has 0 aliphatic heterocycles. The van der Waals surface area contributed by atoms with Crippen LogP contribution in [0.25, 0.3) is 0 Å². The Balaban J connectivity index is 1.68. The average molecular weight is 321 g/mol. The van der Waals surface area contributed by atoms with Gasteiger partial charge in [0.1, 0.15) is 0 Å². The van der Waals surface area contributed by atoms with Crippen molar-refractivity contribution in [3.63, 3.8) is 0 Å². The summed E-state index contributed by atoms with van der Waals surface area (Å²) < 4.78 is 23.1. The van der Waals surface area contributed by atoms with Gasteiger partial charge >= 0.3 is 0 Å². The zero-order chi connectivity index (χ0) is 15.8. The van der Waals surface area contributed by atoms with Crippen molar-refractivity contribution in [1.29, 1.82) is 0 Å². The van der Waals surface area contributed by atoms with Crippen LogP contribution in [0.2, 0.25) is 0 Å². The average Bonchev–Trinajstić information content (AvgIpc) is 2.83. The SMILES string of the molecule is CS(=O)(=O)C1(CN=C(N)Nc2ccc3c(c2)CCC3)CCC1. The molecule has 0 spiro atoms. The Morgan fingerprint density at radius 1 is 1.27 bits per heavy atom. The van der Waals surface area contributed by atoms with Crippen LogP contribution in [-0.2, 0) is 22.7 Å². The maximum absolute atomic E-state index is 11.9. The van der Waals surface area contributed by atoms with Crippen molar-refractivity contribution in [1.82, 2.24) is 0 Å². The second kappa shape index (κ2) is 5.57. The van der Waals surface area contributed by atoms with Gasteiger partial charge in [0, 0.05) is 11.9 Å². The third-order valence-electron chi connectivity index (χ3n) is 4.96. The van der Waals surface area contributed by atoms with E-state index in [2.05, 4.69) is 22.4 Å². The van der Waals surface area contributed by atoms with Crippen molar-refractivity contribution in [3.05, 3.63) is 29.3 Å². The van der Waals surface area contributed by atoms with E-state index in [-0.39, 0.29) is 12.5 Å². The van der Waals surface area contributed by atoms with E-state index >= 15 is 0 Å². The number of sulfone groups is 1. The highest BCUT2D eigenvalue weighted by Crippen LogP contribution is 2.39. The molecule has 6 heteroatoms. The molecule has 0 radical (unpaired) electrons. The number of benzene rings is 1. The maximum atomic E-state index is 11.9. The summed E-state index contributed by atoms with van der Waals surface area (Å²) in [4.78, 5) is 4.28. The summed E-state index contributed by atoms with van der Waals surface area (Å²) >= 11 is 0. The van der Waals surface area contributed by atoms with Gasteiger partial charge < -0.3 is 11.1 Å². The monoisotopic (exact) mass is 321 g/mol. The third kappa shape index (κ3) is 2.84. The molecular weight excluding hydrogens is 298 g/mol. The highest BCUT2D eigenvalue weighted by molar-refractivity contribution is 7.92. The molecule has 1 fully saturated rings. The fraction of sp³-hybridized carbons (Fsp3) is 0.562. The van der Waals surface area contributed by atoms with Gasteiger partial charge in [-0.2, -0.15) is 0 Å². The molecule has 2 aliphatic carbocycles. The first-order valence-electron chi connectivity index (χ1n) is 7.78. The number of rotatable bonds is 4. The lowest BCUT2D eigenvalue weighted by Gasteiger charge is -2.38. The molecule has 5 nitrogen and oxygen atoms in total. The van der Waals surface area contributed by atoms with Crippen LogP contribution in [-0.4, -0.2) is 31.9 Å². The summed E-state index contributed by atoms with van der Waals surface area (Å²) in [5.74, 6) is 0.285.